The van der Waals surface area contributed by atoms with Crippen LogP contribution in [0.3, 0.4) is 0 Å². The van der Waals surface area contributed by atoms with Crippen LogP contribution in [0.15, 0.2) is 41.5 Å². The minimum atomic E-state index is -0.331. The van der Waals surface area contributed by atoms with E-state index in [9.17, 15) is 14.7 Å². The smallest absolute Gasteiger partial charge is 0.277 e. The van der Waals surface area contributed by atoms with Crippen molar-refractivity contribution in [1.82, 2.24) is 19.1 Å². The lowest BCUT2D eigenvalue weighted by Gasteiger charge is -2.21. The summed E-state index contributed by atoms with van der Waals surface area (Å²) in [6.45, 7) is 6.99. The Hall–Kier alpha value is -2.93. The standard InChI is InChI=1S/C22H28N4O3/c1-4-6-11-24(5-2)19(28)14-25-12-13-26-21(22(25)29)18(15-27)20(23-26)17-9-7-16(3)8-10-17/h7-10,12-13,27H,4-6,11,14-15H2,1-3H3. The molecule has 2 heterocycles. The van der Waals surface area contributed by atoms with Gasteiger partial charge in [0.25, 0.3) is 5.56 Å². The highest BCUT2D eigenvalue weighted by Crippen LogP contribution is 2.25. The van der Waals surface area contributed by atoms with Crippen molar-refractivity contribution >= 4 is 11.4 Å². The maximum absolute atomic E-state index is 13.1. The average molecular weight is 396 g/mol. The number of amides is 1. The van der Waals surface area contributed by atoms with E-state index in [0.717, 1.165) is 24.0 Å². The van der Waals surface area contributed by atoms with Crippen LogP contribution in [0.2, 0.25) is 0 Å². The van der Waals surface area contributed by atoms with Crippen molar-refractivity contribution in [2.75, 3.05) is 13.1 Å². The first kappa shape index (κ1) is 20.8. The maximum Gasteiger partial charge on any atom is 0.277 e. The molecule has 3 aromatic rings. The van der Waals surface area contributed by atoms with Crippen LogP contribution in [0.5, 0.6) is 0 Å². The van der Waals surface area contributed by atoms with Gasteiger partial charge in [0.05, 0.1) is 12.3 Å². The van der Waals surface area contributed by atoms with E-state index in [0.29, 0.717) is 29.9 Å². The van der Waals surface area contributed by atoms with Gasteiger partial charge in [0.2, 0.25) is 5.91 Å². The van der Waals surface area contributed by atoms with Gasteiger partial charge in [-0.05, 0) is 20.3 Å². The van der Waals surface area contributed by atoms with Crippen molar-refractivity contribution in [3.63, 3.8) is 0 Å². The van der Waals surface area contributed by atoms with Gasteiger partial charge in [0.15, 0.2) is 0 Å². The van der Waals surface area contributed by atoms with Crippen LogP contribution in [-0.2, 0) is 17.9 Å². The highest BCUT2D eigenvalue weighted by Gasteiger charge is 2.19. The number of fused-ring (bicyclic) bond motifs is 1. The van der Waals surface area contributed by atoms with E-state index in [1.807, 2.05) is 38.1 Å². The zero-order valence-electron chi connectivity index (χ0n) is 17.3. The van der Waals surface area contributed by atoms with E-state index >= 15 is 0 Å². The number of aryl methyl sites for hydroxylation is 1. The summed E-state index contributed by atoms with van der Waals surface area (Å²) in [5, 5.41) is 14.5. The molecule has 7 nitrogen and oxygen atoms in total. The van der Waals surface area contributed by atoms with Crippen LogP contribution >= 0.6 is 0 Å². The quantitative estimate of drug-likeness (QED) is 0.635. The van der Waals surface area contributed by atoms with Gasteiger partial charge in [-0.1, -0.05) is 43.2 Å². The average Bonchev–Trinajstić information content (AvgIpc) is 3.10. The molecule has 0 saturated carbocycles. The second-order valence-electron chi connectivity index (χ2n) is 7.20. The highest BCUT2D eigenvalue weighted by atomic mass is 16.3. The topological polar surface area (TPSA) is 79.8 Å². The Kier molecular flexibility index (Phi) is 6.49. The van der Waals surface area contributed by atoms with Crippen LogP contribution in [0.25, 0.3) is 16.8 Å². The lowest BCUT2D eigenvalue weighted by molar-refractivity contribution is -0.131. The summed E-state index contributed by atoms with van der Waals surface area (Å²) in [4.78, 5) is 27.5. The number of aliphatic hydroxyl groups is 1. The van der Waals surface area contributed by atoms with Gasteiger partial charge in [0.1, 0.15) is 12.1 Å². The lowest BCUT2D eigenvalue weighted by Crippen LogP contribution is -2.37. The summed E-state index contributed by atoms with van der Waals surface area (Å²) in [6.07, 6.45) is 5.18. The molecule has 0 unspecified atom stereocenters. The third-order valence-corrected chi connectivity index (χ3v) is 5.16. The van der Waals surface area contributed by atoms with E-state index < -0.39 is 0 Å². The van der Waals surface area contributed by atoms with Crippen LogP contribution in [-0.4, -0.2) is 43.2 Å². The second kappa shape index (κ2) is 9.05. The number of aliphatic hydroxyl groups excluding tert-OH is 1. The number of carbonyl (C=O) groups is 1. The first-order valence-electron chi connectivity index (χ1n) is 10.1. The molecule has 0 aliphatic carbocycles. The van der Waals surface area contributed by atoms with Gasteiger partial charge in [0, 0.05) is 36.6 Å². The lowest BCUT2D eigenvalue weighted by atomic mass is 10.1. The zero-order valence-corrected chi connectivity index (χ0v) is 17.3. The SMILES string of the molecule is CCCCN(CC)C(=O)Cn1ccn2nc(-c3ccc(C)cc3)c(CO)c2c1=O. The third kappa shape index (κ3) is 4.24. The summed E-state index contributed by atoms with van der Waals surface area (Å²) in [7, 11) is 0. The summed E-state index contributed by atoms with van der Waals surface area (Å²) >= 11 is 0. The fraction of sp³-hybridized carbons (Fsp3) is 0.409. The number of hydrogen-bond acceptors (Lipinski definition) is 4. The molecule has 1 amide bonds. The Labute approximate surface area is 170 Å². The minimum Gasteiger partial charge on any atom is -0.392 e. The Morgan fingerprint density at radius 2 is 1.90 bits per heavy atom. The number of unbranched alkanes of at least 4 members (excludes halogenated alkanes) is 1. The normalized spacial score (nSPS) is 11.2. The van der Waals surface area contributed by atoms with E-state index in [-0.39, 0.29) is 24.6 Å². The Balaban J connectivity index is 2.00. The Morgan fingerprint density at radius 3 is 2.52 bits per heavy atom. The Bertz CT molecular complexity index is 1050. The van der Waals surface area contributed by atoms with Crippen molar-refractivity contribution in [2.45, 2.75) is 46.8 Å². The number of aromatic nitrogens is 3. The third-order valence-electron chi connectivity index (χ3n) is 5.16. The summed E-state index contributed by atoms with van der Waals surface area (Å²) in [5.41, 5.74) is 2.97. The predicted molar refractivity (Wildman–Crippen MR) is 113 cm³/mol. The van der Waals surface area contributed by atoms with Gasteiger partial charge in [-0.2, -0.15) is 5.10 Å². The molecule has 3 rings (SSSR count). The first-order chi connectivity index (χ1) is 14.0. The Morgan fingerprint density at radius 1 is 1.17 bits per heavy atom. The fourth-order valence-electron chi connectivity index (χ4n) is 3.42. The molecule has 2 aromatic heterocycles. The van der Waals surface area contributed by atoms with Crippen molar-refractivity contribution in [3.05, 3.63) is 58.1 Å². The molecular formula is C22H28N4O3. The van der Waals surface area contributed by atoms with Gasteiger partial charge >= 0.3 is 0 Å². The number of carbonyl (C=O) groups excluding carboxylic acids is 1. The zero-order chi connectivity index (χ0) is 21.0. The highest BCUT2D eigenvalue weighted by molar-refractivity contribution is 5.76. The van der Waals surface area contributed by atoms with Gasteiger partial charge < -0.3 is 14.6 Å². The molecule has 0 atom stereocenters. The van der Waals surface area contributed by atoms with Crippen molar-refractivity contribution in [1.29, 1.82) is 0 Å². The number of rotatable bonds is 8. The van der Waals surface area contributed by atoms with Gasteiger partial charge in [-0.15, -0.1) is 0 Å². The van der Waals surface area contributed by atoms with E-state index in [2.05, 4.69) is 12.0 Å². The molecule has 29 heavy (non-hydrogen) atoms. The van der Waals surface area contributed by atoms with Crippen LogP contribution < -0.4 is 5.56 Å². The van der Waals surface area contributed by atoms with Crippen molar-refractivity contribution < 1.29 is 9.90 Å². The predicted octanol–water partition coefficient (Wildman–Crippen LogP) is 2.61. The maximum atomic E-state index is 13.1. The van der Waals surface area contributed by atoms with E-state index in [1.54, 1.807) is 17.3 Å². The first-order valence-corrected chi connectivity index (χ1v) is 10.1. The molecule has 0 spiro atoms. The molecule has 0 bridgehead atoms. The monoisotopic (exact) mass is 396 g/mol. The molecule has 154 valence electrons. The molecular weight excluding hydrogens is 368 g/mol. The molecule has 0 saturated heterocycles. The summed E-state index contributed by atoms with van der Waals surface area (Å²) in [6, 6.07) is 7.77. The largest absolute Gasteiger partial charge is 0.392 e. The molecule has 0 aliphatic rings. The van der Waals surface area contributed by atoms with Crippen molar-refractivity contribution in [2.24, 2.45) is 0 Å². The second-order valence-corrected chi connectivity index (χ2v) is 7.20. The number of hydrogen-bond donors (Lipinski definition) is 1. The fourth-order valence-corrected chi connectivity index (χ4v) is 3.42. The summed E-state index contributed by atoms with van der Waals surface area (Å²) in [5.74, 6) is -0.0868. The van der Waals surface area contributed by atoms with Gasteiger partial charge in [-0.25, -0.2) is 4.52 Å². The number of benzene rings is 1. The molecule has 0 fully saturated rings. The van der Waals surface area contributed by atoms with Gasteiger partial charge in [-0.3, -0.25) is 9.59 Å². The molecule has 0 radical (unpaired) electrons. The molecule has 1 aromatic carbocycles. The van der Waals surface area contributed by atoms with Crippen molar-refractivity contribution in [3.8, 4) is 11.3 Å². The van der Waals surface area contributed by atoms with E-state index in [1.165, 1.54) is 9.08 Å². The van der Waals surface area contributed by atoms with Crippen LogP contribution in [0.4, 0.5) is 0 Å². The summed E-state index contributed by atoms with van der Waals surface area (Å²) < 4.78 is 2.88. The number of likely N-dealkylation sites (N-methyl/N-ethyl adjacent to an activating group) is 1. The minimum absolute atomic E-state index is 0.0250. The molecule has 1 N–H and O–H groups in total. The van der Waals surface area contributed by atoms with Crippen LogP contribution in [0.1, 0.15) is 37.8 Å². The molecule has 0 aliphatic heterocycles. The van der Waals surface area contributed by atoms with E-state index in [4.69, 9.17) is 0 Å². The van der Waals surface area contributed by atoms with Crippen LogP contribution in [0, 0.1) is 6.92 Å². The molecule has 7 heteroatoms. The number of nitrogens with zero attached hydrogens (tertiary/aromatic N) is 4.